The molecule has 150 valence electrons. The lowest BCUT2D eigenvalue weighted by atomic mass is 9.86. The maximum atomic E-state index is 11.8. The Morgan fingerprint density at radius 2 is 1.85 bits per heavy atom. The molecule has 1 fully saturated rings. The van der Waals surface area contributed by atoms with Crippen LogP contribution >= 0.6 is 0 Å². The van der Waals surface area contributed by atoms with E-state index < -0.39 is 11.7 Å². The minimum Gasteiger partial charge on any atom is -0.466 e. The van der Waals surface area contributed by atoms with E-state index in [4.69, 9.17) is 9.47 Å². The topological polar surface area (TPSA) is 76.7 Å². The van der Waals surface area contributed by atoms with Crippen LogP contribution in [0.1, 0.15) is 58.9 Å². The number of ether oxygens (including phenoxy) is 2. The van der Waals surface area contributed by atoms with Crippen molar-refractivity contribution in [2.45, 2.75) is 71.6 Å². The number of alkyl carbamates (subject to hydrolysis) is 1. The van der Waals surface area contributed by atoms with E-state index in [9.17, 15) is 9.59 Å². The first-order valence-corrected chi connectivity index (χ1v) is 9.76. The zero-order chi connectivity index (χ0) is 19.9. The molecular weight excluding hydrogens is 344 g/mol. The summed E-state index contributed by atoms with van der Waals surface area (Å²) in [4.78, 5) is 23.6. The lowest BCUT2D eigenvalue weighted by Crippen LogP contribution is -2.32. The molecule has 1 aromatic carbocycles. The van der Waals surface area contributed by atoms with Crippen LogP contribution in [0.25, 0.3) is 0 Å². The Morgan fingerprint density at radius 1 is 1.15 bits per heavy atom. The van der Waals surface area contributed by atoms with E-state index in [1.165, 1.54) is 0 Å². The Hall–Kier alpha value is -2.24. The summed E-state index contributed by atoms with van der Waals surface area (Å²) in [7, 11) is 0. The van der Waals surface area contributed by atoms with Crippen LogP contribution in [0.5, 0.6) is 0 Å². The van der Waals surface area contributed by atoms with Gasteiger partial charge in [0.1, 0.15) is 5.60 Å². The normalized spacial score (nSPS) is 19.9. The second-order valence-electron chi connectivity index (χ2n) is 8.00. The molecule has 0 aliphatic heterocycles. The van der Waals surface area contributed by atoms with E-state index in [1.807, 2.05) is 52.0 Å². The molecule has 0 unspecified atom stereocenters. The standard InChI is InChI=1S/C21H32N2O4/c1-5-26-19(24)16-9-11-17(12-10-16)23-18-8-6-7-15(13-18)14-22-20(25)27-21(2,3)4/h6-8,13,16-17,23H,5,9-12,14H2,1-4H3,(H,22,25)/t16-,17-. The summed E-state index contributed by atoms with van der Waals surface area (Å²) < 4.78 is 10.4. The minimum absolute atomic E-state index is 0.0346. The third-order valence-electron chi connectivity index (χ3n) is 4.48. The van der Waals surface area contributed by atoms with Gasteiger partial charge in [-0.3, -0.25) is 4.79 Å². The van der Waals surface area contributed by atoms with E-state index in [2.05, 4.69) is 10.6 Å². The van der Waals surface area contributed by atoms with Crippen LogP contribution in [0, 0.1) is 5.92 Å². The first kappa shape index (κ1) is 21.1. The molecule has 0 aromatic heterocycles. The van der Waals surface area contributed by atoms with Gasteiger partial charge in [-0.05, 0) is 71.1 Å². The van der Waals surface area contributed by atoms with Gasteiger partial charge in [0.15, 0.2) is 0 Å². The van der Waals surface area contributed by atoms with Crippen LogP contribution < -0.4 is 10.6 Å². The van der Waals surface area contributed by atoms with E-state index >= 15 is 0 Å². The third-order valence-corrected chi connectivity index (χ3v) is 4.48. The van der Waals surface area contributed by atoms with Crippen LogP contribution in [-0.4, -0.2) is 30.3 Å². The summed E-state index contributed by atoms with van der Waals surface area (Å²) in [5, 5.41) is 6.32. The van der Waals surface area contributed by atoms with Crippen molar-refractivity contribution in [1.29, 1.82) is 0 Å². The average Bonchev–Trinajstić information content (AvgIpc) is 2.60. The van der Waals surface area contributed by atoms with Gasteiger partial charge in [-0.1, -0.05) is 12.1 Å². The summed E-state index contributed by atoms with van der Waals surface area (Å²) in [6.07, 6.45) is 3.19. The van der Waals surface area contributed by atoms with Crippen molar-refractivity contribution in [1.82, 2.24) is 5.32 Å². The lowest BCUT2D eigenvalue weighted by molar-refractivity contribution is -0.149. The monoisotopic (exact) mass is 376 g/mol. The van der Waals surface area contributed by atoms with E-state index in [1.54, 1.807) is 0 Å². The SMILES string of the molecule is CCOC(=O)[C@H]1CC[C@H](Nc2cccc(CNC(=O)OC(C)(C)C)c2)CC1. The molecule has 1 aliphatic rings. The minimum atomic E-state index is -0.504. The molecule has 0 atom stereocenters. The van der Waals surface area contributed by atoms with Gasteiger partial charge in [-0.15, -0.1) is 0 Å². The number of benzene rings is 1. The Labute approximate surface area is 162 Å². The van der Waals surface area contributed by atoms with Gasteiger partial charge in [-0.25, -0.2) is 4.79 Å². The van der Waals surface area contributed by atoms with Crippen molar-refractivity contribution in [2.75, 3.05) is 11.9 Å². The number of carbonyl (C=O) groups excluding carboxylic acids is 2. The highest BCUT2D eigenvalue weighted by Gasteiger charge is 2.27. The number of rotatable bonds is 6. The molecule has 1 aliphatic carbocycles. The zero-order valence-corrected chi connectivity index (χ0v) is 16.8. The predicted molar refractivity (Wildman–Crippen MR) is 106 cm³/mol. The number of anilines is 1. The molecule has 0 heterocycles. The van der Waals surface area contributed by atoms with Crippen LogP contribution in [0.15, 0.2) is 24.3 Å². The third kappa shape index (κ3) is 7.49. The maximum absolute atomic E-state index is 11.8. The van der Waals surface area contributed by atoms with Crippen LogP contribution in [0.4, 0.5) is 10.5 Å². The van der Waals surface area contributed by atoms with Crippen molar-refractivity contribution in [2.24, 2.45) is 5.92 Å². The second-order valence-corrected chi connectivity index (χ2v) is 8.00. The van der Waals surface area contributed by atoms with Gasteiger partial charge in [0.05, 0.1) is 12.5 Å². The molecule has 6 heteroatoms. The van der Waals surface area contributed by atoms with E-state index in [0.29, 0.717) is 19.2 Å². The van der Waals surface area contributed by atoms with Crippen molar-refractivity contribution in [3.8, 4) is 0 Å². The number of esters is 1. The zero-order valence-electron chi connectivity index (χ0n) is 16.8. The average molecular weight is 376 g/mol. The number of nitrogens with one attached hydrogen (secondary N) is 2. The molecule has 0 radical (unpaired) electrons. The number of hydrogen-bond acceptors (Lipinski definition) is 5. The van der Waals surface area contributed by atoms with Crippen molar-refractivity contribution >= 4 is 17.7 Å². The largest absolute Gasteiger partial charge is 0.466 e. The lowest BCUT2D eigenvalue weighted by Gasteiger charge is -2.28. The number of amides is 1. The summed E-state index contributed by atoms with van der Waals surface area (Å²) in [6.45, 7) is 8.23. The molecule has 0 spiro atoms. The Kier molecular flexibility index (Phi) is 7.51. The molecular formula is C21H32N2O4. The van der Waals surface area contributed by atoms with Crippen molar-refractivity contribution in [3.05, 3.63) is 29.8 Å². The predicted octanol–water partition coefficient (Wildman–Crippen LogP) is 4.25. The second kappa shape index (κ2) is 9.62. The van der Waals surface area contributed by atoms with Gasteiger partial charge >= 0.3 is 12.1 Å². The first-order valence-electron chi connectivity index (χ1n) is 9.76. The molecule has 1 amide bonds. The highest BCUT2D eigenvalue weighted by Crippen LogP contribution is 2.27. The summed E-state index contributed by atoms with van der Waals surface area (Å²) in [5.74, 6) is -0.0291. The van der Waals surface area contributed by atoms with Crippen LogP contribution in [-0.2, 0) is 20.8 Å². The Balaban J connectivity index is 1.80. The quantitative estimate of drug-likeness (QED) is 0.726. The highest BCUT2D eigenvalue weighted by atomic mass is 16.6. The maximum Gasteiger partial charge on any atom is 0.407 e. The van der Waals surface area contributed by atoms with Gasteiger partial charge in [-0.2, -0.15) is 0 Å². The molecule has 2 rings (SSSR count). The number of hydrogen-bond donors (Lipinski definition) is 2. The van der Waals surface area contributed by atoms with Crippen molar-refractivity contribution < 1.29 is 19.1 Å². The fourth-order valence-corrected chi connectivity index (χ4v) is 3.23. The van der Waals surface area contributed by atoms with Gasteiger partial charge in [0.25, 0.3) is 0 Å². The molecule has 6 nitrogen and oxygen atoms in total. The van der Waals surface area contributed by atoms with Crippen molar-refractivity contribution in [3.63, 3.8) is 0 Å². The fourth-order valence-electron chi connectivity index (χ4n) is 3.23. The smallest absolute Gasteiger partial charge is 0.407 e. The van der Waals surface area contributed by atoms with E-state index in [-0.39, 0.29) is 11.9 Å². The van der Waals surface area contributed by atoms with Gasteiger partial charge < -0.3 is 20.1 Å². The molecule has 27 heavy (non-hydrogen) atoms. The highest BCUT2D eigenvalue weighted by molar-refractivity contribution is 5.72. The molecule has 0 bridgehead atoms. The van der Waals surface area contributed by atoms with Crippen LogP contribution in [0.2, 0.25) is 0 Å². The Morgan fingerprint density at radius 3 is 2.48 bits per heavy atom. The summed E-state index contributed by atoms with van der Waals surface area (Å²) in [5.41, 5.74) is 1.53. The van der Waals surface area contributed by atoms with Gasteiger partial charge in [0.2, 0.25) is 0 Å². The molecule has 2 N–H and O–H groups in total. The fraction of sp³-hybridized carbons (Fsp3) is 0.619. The van der Waals surface area contributed by atoms with Gasteiger partial charge in [0, 0.05) is 18.3 Å². The van der Waals surface area contributed by atoms with E-state index in [0.717, 1.165) is 36.9 Å². The first-order chi connectivity index (χ1) is 12.8. The molecule has 0 saturated heterocycles. The van der Waals surface area contributed by atoms with Crippen LogP contribution in [0.3, 0.4) is 0 Å². The number of carbonyl (C=O) groups is 2. The molecule has 1 saturated carbocycles. The Bertz CT molecular complexity index is 631. The summed E-state index contributed by atoms with van der Waals surface area (Å²) in [6, 6.07) is 8.35. The molecule has 1 aromatic rings. The summed E-state index contributed by atoms with van der Waals surface area (Å²) >= 11 is 0.